The van der Waals surface area contributed by atoms with Crippen LogP contribution >= 0.6 is 0 Å². The van der Waals surface area contributed by atoms with Crippen LogP contribution in [0, 0.1) is 0 Å². The van der Waals surface area contributed by atoms with Crippen molar-refractivity contribution in [1.82, 2.24) is 10.3 Å². The van der Waals surface area contributed by atoms with Crippen LogP contribution in [0.3, 0.4) is 0 Å². The minimum Gasteiger partial charge on any atom is -0.361 e. The third-order valence-corrected chi connectivity index (χ3v) is 3.33. The van der Waals surface area contributed by atoms with Gasteiger partial charge < -0.3 is 10.3 Å². The first-order chi connectivity index (χ1) is 6.84. The number of H-pyrrole nitrogens is 1. The van der Waals surface area contributed by atoms with Gasteiger partial charge in [-0.1, -0.05) is 6.07 Å². The third kappa shape index (κ3) is 1.01. The number of hydrogen-bond donors (Lipinski definition) is 2. The number of fused-ring (bicyclic) bond motifs is 1. The Kier molecular flexibility index (Phi) is 1.50. The molecule has 0 bridgehead atoms. The van der Waals surface area contributed by atoms with Crippen LogP contribution in [0.15, 0.2) is 30.5 Å². The Balaban J connectivity index is 2.13. The van der Waals surface area contributed by atoms with Gasteiger partial charge in [0.2, 0.25) is 0 Å². The maximum absolute atomic E-state index is 3.42. The lowest BCUT2D eigenvalue weighted by molar-refractivity contribution is 0.586. The third-order valence-electron chi connectivity index (χ3n) is 3.33. The van der Waals surface area contributed by atoms with Crippen molar-refractivity contribution in [3.63, 3.8) is 0 Å². The molecule has 1 aliphatic rings. The number of hydrogen-bond acceptors (Lipinski definition) is 1. The van der Waals surface area contributed by atoms with E-state index in [1.165, 1.54) is 29.3 Å². The number of rotatable bonds is 2. The van der Waals surface area contributed by atoms with Gasteiger partial charge in [0.05, 0.1) is 0 Å². The van der Waals surface area contributed by atoms with E-state index in [0.29, 0.717) is 0 Å². The number of aromatic amines is 1. The molecule has 1 aliphatic carbocycles. The normalized spacial score (nSPS) is 18.6. The molecule has 1 aromatic carbocycles. The standard InChI is InChI=1S/C12H14N2/c1-13-12(5-6-12)10-2-3-11-9(8-10)4-7-14-11/h2-4,7-8,13-14H,5-6H2,1H3. The van der Waals surface area contributed by atoms with Crippen molar-refractivity contribution in [1.29, 1.82) is 0 Å². The highest BCUT2D eigenvalue weighted by molar-refractivity contribution is 5.80. The van der Waals surface area contributed by atoms with Gasteiger partial charge in [0, 0.05) is 17.3 Å². The van der Waals surface area contributed by atoms with Gasteiger partial charge in [0.15, 0.2) is 0 Å². The van der Waals surface area contributed by atoms with Crippen LogP contribution in [0.5, 0.6) is 0 Å². The van der Waals surface area contributed by atoms with Crippen molar-refractivity contribution in [3.05, 3.63) is 36.0 Å². The Hall–Kier alpha value is -1.28. The SMILES string of the molecule is CNC1(c2ccc3[nH]ccc3c2)CC1. The molecule has 2 heteroatoms. The summed E-state index contributed by atoms with van der Waals surface area (Å²) in [5, 5.41) is 4.72. The van der Waals surface area contributed by atoms with E-state index in [1.54, 1.807) is 0 Å². The maximum atomic E-state index is 3.42. The van der Waals surface area contributed by atoms with E-state index < -0.39 is 0 Å². The van der Waals surface area contributed by atoms with Crippen LogP contribution in [0.1, 0.15) is 18.4 Å². The summed E-state index contributed by atoms with van der Waals surface area (Å²) >= 11 is 0. The van der Waals surface area contributed by atoms with E-state index in [4.69, 9.17) is 0 Å². The lowest BCUT2D eigenvalue weighted by Crippen LogP contribution is -2.24. The molecule has 1 saturated carbocycles. The summed E-state index contributed by atoms with van der Waals surface area (Å²) in [5.41, 5.74) is 2.93. The molecule has 0 unspecified atom stereocenters. The first kappa shape index (κ1) is 8.06. The molecule has 72 valence electrons. The molecule has 2 aromatic rings. The summed E-state index contributed by atoms with van der Waals surface area (Å²) in [6, 6.07) is 8.81. The molecule has 0 radical (unpaired) electrons. The minimum atomic E-state index is 0.283. The van der Waals surface area contributed by atoms with Crippen LogP contribution in [-0.2, 0) is 5.54 Å². The van der Waals surface area contributed by atoms with Crippen molar-refractivity contribution >= 4 is 10.9 Å². The molecule has 0 atom stereocenters. The van der Waals surface area contributed by atoms with Gasteiger partial charge in [-0.25, -0.2) is 0 Å². The van der Waals surface area contributed by atoms with E-state index >= 15 is 0 Å². The van der Waals surface area contributed by atoms with Crippen molar-refractivity contribution in [2.24, 2.45) is 0 Å². The van der Waals surface area contributed by atoms with Crippen molar-refractivity contribution in [2.45, 2.75) is 18.4 Å². The quantitative estimate of drug-likeness (QED) is 0.740. The summed E-state index contributed by atoms with van der Waals surface area (Å²) in [6.07, 6.45) is 4.52. The summed E-state index contributed by atoms with van der Waals surface area (Å²) < 4.78 is 0. The van der Waals surface area contributed by atoms with Gasteiger partial charge >= 0.3 is 0 Å². The second-order valence-electron chi connectivity index (χ2n) is 4.11. The second-order valence-corrected chi connectivity index (χ2v) is 4.11. The fourth-order valence-corrected chi connectivity index (χ4v) is 2.16. The Labute approximate surface area is 83.3 Å². The maximum Gasteiger partial charge on any atom is 0.0454 e. The van der Waals surface area contributed by atoms with E-state index in [9.17, 15) is 0 Å². The Morgan fingerprint density at radius 2 is 2.14 bits per heavy atom. The van der Waals surface area contributed by atoms with Crippen LogP contribution in [-0.4, -0.2) is 12.0 Å². The van der Waals surface area contributed by atoms with Gasteiger partial charge in [-0.15, -0.1) is 0 Å². The predicted molar refractivity (Wildman–Crippen MR) is 58.3 cm³/mol. The average molecular weight is 186 g/mol. The molecule has 3 rings (SSSR count). The topological polar surface area (TPSA) is 27.8 Å². The van der Waals surface area contributed by atoms with E-state index in [2.05, 4.69) is 34.6 Å². The fourth-order valence-electron chi connectivity index (χ4n) is 2.16. The molecule has 0 spiro atoms. The first-order valence-corrected chi connectivity index (χ1v) is 5.11. The van der Waals surface area contributed by atoms with Crippen LogP contribution < -0.4 is 5.32 Å². The molecule has 1 aromatic heterocycles. The van der Waals surface area contributed by atoms with Gasteiger partial charge in [0.25, 0.3) is 0 Å². The first-order valence-electron chi connectivity index (χ1n) is 5.11. The molecule has 1 heterocycles. The number of nitrogens with one attached hydrogen (secondary N) is 2. The Morgan fingerprint density at radius 3 is 2.86 bits per heavy atom. The Morgan fingerprint density at radius 1 is 1.29 bits per heavy atom. The smallest absolute Gasteiger partial charge is 0.0454 e. The lowest BCUT2D eigenvalue weighted by atomic mass is 10.0. The molecule has 14 heavy (non-hydrogen) atoms. The van der Waals surface area contributed by atoms with Crippen LogP contribution in [0.25, 0.3) is 10.9 Å². The summed E-state index contributed by atoms with van der Waals surface area (Å²) in [7, 11) is 2.05. The van der Waals surface area contributed by atoms with E-state index in [1.807, 2.05) is 13.2 Å². The summed E-state index contributed by atoms with van der Waals surface area (Å²) in [5.74, 6) is 0. The van der Waals surface area contributed by atoms with Crippen molar-refractivity contribution in [3.8, 4) is 0 Å². The molecule has 0 saturated heterocycles. The molecular formula is C12H14N2. The minimum absolute atomic E-state index is 0.283. The van der Waals surface area contributed by atoms with Crippen molar-refractivity contribution < 1.29 is 0 Å². The highest BCUT2D eigenvalue weighted by atomic mass is 15.0. The molecule has 1 fully saturated rings. The molecule has 2 nitrogen and oxygen atoms in total. The number of aromatic nitrogens is 1. The zero-order chi connectivity index (χ0) is 9.60. The molecule has 0 aliphatic heterocycles. The highest BCUT2D eigenvalue weighted by Crippen LogP contribution is 2.45. The van der Waals surface area contributed by atoms with Gasteiger partial charge in [-0.2, -0.15) is 0 Å². The monoisotopic (exact) mass is 186 g/mol. The molecular weight excluding hydrogens is 172 g/mol. The largest absolute Gasteiger partial charge is 0.361 e. The Bertz CT molecular complexity index is 466. The van der Waals surface area contributed by atoms with Crippen LogP contribution in [0.4, 0.5) is 0 Å². The fraction of sp³-hybridized carbons (Fsp3) is 0.333. The molecule has 2 N–H and O–H groups in total. The summed E-state index contributed by atoms with van der Waals surface area (Å²) in [6.45, 7) is 0. The average Bonchev–Trinajstić information content (AvgIpc) is 2.89. The number of benzene rings is 1. The van der Waals surface area contributed by atoms with Crippen molar-refractivity contribution in [2.75, 3.05) is 7.05 Å². The highest BCUT2D eigenvalue weighted by Gasteiger charge is 2.42. The van der Waals surface area contributed by atoms with E-state index in [-0.39, 0.29) is 5.54 Å². The predicted octanol–water partition coefficient (Wildman–Crippen LogP) is 2.38. The van der Waals surface area contributed by atoms with Gasteiger partial charge in [-0.05, 0) is 49.0 Å². The molecule has 0 amide bonds. The van der Waals surface area contributed by atoms with E-state index in [0.717, 1.165) is 0 Å². The lowest BCUT2D eigenvalue weighted by Gasteiger charge is -2.14. The zero-order valence-electron chi connectivity index (χ0n) is 8.30. The zero-order valence-corrected chi connectivity index (χ0v) is 8.30. The van der Waals surface area contributed by atoms with Crippen LogP contribution in [0.2, 0.25) is 0 Å². The summed E-state index contributed by atoms with van der Waals surface area (Å²) in [4.78, 5) is 3.22. The van der Waals surface area contributed by atoms with Gasteiger partial charge in [-0.3, -0.25) is 0 Å². The van der Waals surface area contributed by atoms with Gasteiger partial charge in [0.1, 0.15) is 0 Å². The second kappa shape index (κ2) is 2.61.